The van der Waals surface area contributed by atoms with Gasteiger partial charge in [0.2, 0.25) is 11.8 Å². The van der Waals surface area contributed by atoms with Crippen LogP contribution in [0.4, 0.5) is 20.4 Å². The molecule has 1 atom stereocenters. The van der Waals surface area contributed by atoms with Crippen molar-refractivity contribution in [3.8, 4) is 17.0 Å². The predicted molar refractivity (Wildman–Crippen MR) is 137 cm³/mol. The number of fused-ring (bicyclic) bond motifs is 1. The van der Waals surface area contributed by atoms with Crippen molar-refractivity contribution in [1.29, 1.82) is 0 Å². The van der Waals surface area contributed by atoms with E-state index in [1.165, 1.54) is 13.2 Å². The van der Waals surface area contributed by atoms with Gasteiger partial charge in [-0.05, 0) is 50.0 Å². The average molecular weight is 489 g/mol. The highest BCUT2D eigenvalue weighted by Crippen LogP contribution is 2.39. The summed E-state index contributed by atoms with van der Waals surface area (Å²) < 4.78 is 34.4. The van der Waals surface area contributed by atoms with Crippen LogP contribution in [0.5, 0.6) is 5.88 Å². The molecule has 1 aliphatic rings. The highest BCUT2D eigenvalue weighted by Gasteiger charge is 2.30. The number of pyridine rings is 1. The van der Waals surface area contributed by atoms with Gasteiger partial charge in [0, 0.05) is 17.8 Å². The summed E-state index contributed by atoms with van der Waals surface area (Å²) >= 11 is 0. The third-order valence-electron chi connectivity index (χ3n) is 6.02. The van der Waals surface area contributed by atoms with Crippen LogP contribution in [0.3, 0.4) is 0 Å². The third kappa shape index (κ3) is 5.19. The smallest absolute Gasteiger partial charge is 0.282 e. The number of rotatable bonds is 7. The van der Waals surface area contributed by atoms with Gasteiger partial charge in [0.1, 0.15) is 5.83 Å². The lowest BCUT2D eigenvalue weighted by Crippen LogP contribution is -2.22. The summed E-state index contributed by atoms with van der Waals surface area (Å²) in [4.78, 5) is 22.0. The number of aryl methyl sites for hydroxylation is 1. The summed E-state index contributed by atoms with van der Waals surface area (Å²) in [7, 11) is 1.54. The monoisotopic (exact) mass is 488 g/mol. The maximum absolute atomic E-state index is 14.4. The second-order valence-corrected chi connectivity index (χ2v) is 8.44. The normalized spacial score (nSPS) is 14.6. The van der Waals surface area contributed by atoms with Crippen molar-refractivity contribution in [3.63, 3.8) is 0 Å². The molecular weight excluding hydrogens is 462 g/mol. The lowest BCUT2D eigenvalue weighted by atomic mass is 10.0. The summed E-state index contributed by atoms with van der Waals surface area (Å²) in [6.07, 6.45) is 3.38. The molecule has 0 radical (unpaired) electrons. The molecule has 3 heterocycles. The van der Waals surface area contributed by atoms with Crippen molar-refractivity contribution < 1.29 is 13.5 Å². The molecule has 1 aliphatic heterocycles. The number of benzene rings is 1. The molecule has 0 fully saturated rings. The Morgan fingerprint density at radius 2 is 1.97 bits per heavy atom. The molecule has 0 amide bonds. The van der Waals surface area contributed by atoms with Crippen LogP contribution in [0.15, 0.2) is 88.9 Å². The van der Waals surface area contributed by atoms with E-state index in [2.05, 4.69) is 27.6 Å². The van der Waals surface area contributed by atoms with E-state index < -0.39 is 11.7 Å². The fourth-order valence-electron chi connectivity index (χ4n) is 4.37. The van der Waals surface area contributed by atoms with Crippen LogP contribution in [0.1, 0.15) is 30.8 Å². The Morgan fingerprint density at radius 3 is 2.64 bits per heavy atom. The maximum atomic E-state index is 14.4. The maximum Gasteiger partial charge on any atom is 0.282 e. The minimum atomic E-state index is -0.786. The highest BCUT2D eigenvalue weighted by atomic mass is 19.1. The second-order valence-electron chi connectivity index (χ2n) is 8.44. The van der Waals surface area contributed by atoms with Crippen LogP contribution in [0.2, 0.25) is 0 Å². The quantitative estimate of drug-likeness (QED) is 0.313. The SMILES string of the molecule is C=C(F)C=C=C(F)/C=C(\C)C1CCc2c(-c3ccccc3)c(=O)nc(Nc3ccc(OC)nc3C)n21. The predicted octanol–water partition coefficient (Wildman–Crippen LogP) is 6.29. The number of ether oxygens (including phenoxy) is 1. The van der Waals surface area contributed by atoms with Crippen LogP contribution >= 0.6 is 0 Å². The number of nitrogens with zero attached hydrogens (tertiary/aromatic N) is 3. The molecule has 0 bridgehead atoms. The highest BCUT2D eigenvalue weighted by molar-refractivity contribution is 5.68. The van der Waals surface area contributed by atoms with Gasteiger partial charge in [0.25, 0.3) is 5.56 Å². The molecule has 184 valence electrons. The van der Waals surface area contributed by atoms with Crippen molar-refractivity contribution >= 4 is 11.6 Å². The topological polar surface area (TPSA) is 69.0 Å². The number of nitrogens with one attached hydrogen (secondary N) is 1. The summed E-state index contributed by atoms with van der Waals surface area (Å²) in [5, 5.41) is 3.24. The minimum Gasteiger partial charge on any atom is -0.481 e. The average Bonchev–Trinajstić information content (AvgIpc) is 3.29. The van der Waals surface area contributed by atoms with E-state index in [0.717, 1.165) is 17.3 Å². The molecular formula is C28H26F2N4O2. The van der Waals surface area contributed by atoms with E-state index >= 15 is 0 Å². The molecule has 0 saturated carbocycles. The van der Waals surface area contributed by atoms with Crippen LogP contribution in [-0.4, -0.2) is 21.6 Å². The molecule has 0 aliphatic carbocycles. The van der Waals surface area contributed by atoms with E-state index in [-0.39, 0.29) is 11.6 Å². The standard InChI is InChI=1S/C28H26F2N4O2/c1-17(16-21(30)11-10-18(2)29)23-13-14-24-26(20-8-6-5-7-9-20)27(35)33-28(34(23)24)32-22-12-15-25(36-4)31-19(22)3/h5-10,12,15-16,23H,2,13-14H2,1,3-4H3,(H,32,33,35)/b17-16+. The minimum absolute atomic E-state index is 0.286. The number of methoxy groups -OCH3 is 1. The molecule has 4 rings (SSSR count). The first kappa shape index (κ1) is 24.8. The first-order chi connectivity index (χ1) is 17.3. The number of hydrogen-bond acceptors (Lipinski definition) is 5. The molecule has 1 unspecified atom stereocenters. The van der Waals surface area contributed by atoms with Crippen LogP contribution in [-0.2, 0) is 6.42 Å². The van der Waals surface area contributed by atoms with Crippen LogP contribution < -0.4 is 15.6 Å². The lowest BCUT2D eigenvalue weighted by Gasteiger charge is -2.22. The Kier molecular flexibility index (Phi) is 7.27. The van der Waals surface area contributed by atoms with Crippen LogP contribution in [0.25, 0.3) is 11.1 Å². The number of anilines is 2. The van der Waals surface area contributed by atoms with Crippen molar-refractivity contribution in [2.24, 2.45) is 0 Å². The molecule has 0 spiro atoms. The number of hydrogen-bond donors (Lipinski definition) is 1. The van der Waals surface area contributed by atoms with Crippen molar-refractivity contribution in [2.75, 3.05) is 12.4 Å². The van der Waals surface area contributed by atoms with Gasteiger partial charge in [-0.15, -0.1) is 0 Å². The molecule has 0 saturated heterocycles. The molecule has 8 heteroatoms. The fraction of sp³-hybridized carbons (Fsp3) is 0.214. The Hall–Kier alpha value is -4.29. The molecule has 1 aromatic carbocycles. The van der Waals surface area contributed by atoms with Gasteiger partial charge in [0.15, 0.2) is 5.83 Å². The summed E-state index contributed by atoms with van der Waals surface area (Å²) in [5.41, 5.74) is 5.98. The number of allylic oxidation sites excluding steroid dienone is 4. The van der Waals surface area contributed by atoms with Gasteiger partial charge in [-0.25, -0.2) is 9.37 Å². The zero-order valence-electron chi connectivity index (χ0n) is 20.3. The Bertz CT molecular complexity index is 1470. The van der Waals surface area contributed by atoms with Crippen molar-refractivity contribution in [2.45, 2.75) is 32.7 Å². The molecule has 1 N–H and O–H groups in total. The number of halogens is 2. The zero-order valence-corrected chi connectivity index (χ0v) is 20.3. The summed E-state index contributed by atoms with van der Waals surface area (Å²) in [6.45, 7) is 6.69. The van der Waals surface area contributed by atoms with E-state index in [1.54, 1.807) is 19.1 Å². The van der Waals surface area contributed by atoms with Crippen LogP contribution in [0, 0.1) is 6.92 Å². The summed E-state index contributed by atoms with van der Waals surface area (Å²) in [5.74, 6) is -0.707. The third-order valence-corrected chi connectivity index (χ3v) is 6.02. The largest absolute Gasteiger partial charge is 0.481 e. The Balaban J connectivity index is 1.87. The zero-order chi connectivity index (χ0) is 25.8. The van der Waals surface area contributed by atoms with Gasteiger partial charge >= 0.3 is 0 Å². The van der Waals surface area contributed by atoms with Gasteiger partial charge in [-0.2, -0.15) is 9.37 Å². The van der Waals surface area contributed by atoms with E-state index in [1.807, 2.05) is 41.8 Å². The first-order valence-corrected chi connectivity index (χ1v) is 11.4. The van der Waals surface area contributed by atoms with Gasteiger partial charge in [-0.1, -0.05) is 42.6 Å². The number of aromatic nitrogens is 3. The van der Waals surface area contributed by atoms with E-state index in [0.29, 0.717) is 47.2 Å². The van der Waals surface area contributed by atoms with E-state index in [4.69, 9.17) is 4.74 Å². The Labute approximate surface area is 208 Å². The Morgan fingerprint density at radius 1 is 1.22 bits per heavy atom. The lowest BCUT2D eigenvalue weighted by molar-refractivity contribution is 0.397. The summed E-state index contributed by atoms with van der Waals surface area (Å²) in [6, 6.07) is 12.6. The first-order valence-electron chi connectivity index (χ1n) is 11.4. The van der Waals surface area contributed by atoms with E-state index in [9.17, 15) is 13.6 Å². The van der Waals surface area contributed by atoms with Gasteiger partial charge < -0.3 is 14.6 Å². The van der Waals surface area contributed by atoms with Crippen molar-refractivity contribution in [1.82, 2.24) is 14.5 Å². The second kappa shape index (κ2) is 10.5. The molecule has 36 heavy (non-hydrogen) atoms. The molecule has 2 aromatic heterocycles. The van der Waals surface area contributed by atoms with Gasteiger partial charge in [-0.3, -0.25) is 4.79 Å². The fourth-order valence-corrected chi connectivity index (χ4v) is 4.37. The molecule has 3 aromatic rings. The van der Waals surface area contributed by atoms with Crippen molar-refractivity contribution in [3.05, 3.63) is 106 Å². The molecule has 6 nitrogen and oxygen atoms in total. The van der Waals surface area contributed by atoms with Gasteiger partial charge in [0.05, 0.1) is 30.1 Å².